The van der Waals surface area contributed by atoms with E-state index < -0.39 is 12.0 Å². The van der Waals surface area contributed by atoms with Gasteiger partial charge in [-0.05, 0) is 36.8 Å². The second-order valence-electron chi connectivity index (χ2n) is 5.27. The minimum absolute atomic E-state index is 0.0976. The largest absolute Gasteiger partial charge is 0.497 e. The quantitative estimate of drug-likeness (QED) is 0.785. The molecule has 0 fully saturated rings. The van der Waals surface area contributed by atoms with E-state index in [-0.39, 0.29) is 17.8 Å². The summed E-state index contributed by atoms with van der Waals surface area (Å²) >= 11 is 0. The van der Waals surface area contributed by atoms with Crippen molar-refractivity contribution in [3.63, 3.8) is 0 Å². The van der Waals surface area contributed by atoms with E-state index in [1.54, 1.807) is 56.5 Å². The molecule has 0 saturated heterocycles. The van der Waals surface area contributed by atoms with Gasteiger partial charge in [0.15, 0.2) is 0 Å². The fourth-order valence-electron chi connectivity index (χ4n) is 2.06. The zero-order valence-corrected chi connectivity index (χ0v) is 13.6. The molecule has 0 spiro atoms. The van der Waals surface area contributed by atoms with Gasteiger partial charge in [0.25, 0.3) is 11.5 Å². The number of rotatable bonds is 6. The van der Waals surface area contributed by atoms with Gasteiger partial charge in [0, 0.05) is 18.8 Å². The van der Waals surface area contributed by atoms with E-state index in [4.69, 9.17) is 4.74 Å². The molecule has 0 radical (unpaired) electrons. The van der Waals surface area contributed by atoms with Gasteiger partial charge in [0.1, 0.15) is 11.4 Å². The average molecular weight is 328 g/mol. The summed E-state index contributed by atoms with van der Waals surface area (Å²) in [5.41, 5.74) is 0.602. The molecule has 6 heteroatoms. The highest BCUT2D eigenvalue weighted by Gasteiger charge is 2.13. The summed E-state index contributed by atoms with van der Waals surface area (Å²) in [5, 5.41) is 11.9. The molecule has 2 aromatic rings. The summed E-state index contributed by atoms with van der Waals surface area (Å²) < 4.78 is 6.37. The summed E-state index contributed by atoms with van der Waals surface area (Å²) in [6.07, 6.45) is 2.46. The summed E-state index contributed by atoms with van der Waals surface area (Å²) in [4.78, 5) is 24.5. The number of hydrogen-bond acceptors (Lipinski definition) is 4. The van der Waals surface area contributed by atoms with E-state index in [2.05, 4.69) is 5.32 Å². The molecule has 1 atom stereocenters. The molecule has 2 rings (SSSR count). The molecule has 1 heterocycles. The third kappa shape index (κ3) is 4.57. The number of benzene rings is 1. The van der Waals surface area contributed by atoms with Crippen LogP contribution in [0.3, 0.4) is 0 Å². The van der Waals surface area contributed by atoms with Crippen molar-refractivity contribution >= 4 is 17.7 Å². The third-order valence-electron chi connectivity index (χ3n) is 3.29. The second kappa shape index (κ2) is 8.12. The molecule has 24 heavy (non-hydrogen) atoms. The standard InChI is InChI=1S/C18H20N2O4/c1-13(21)12-19-18(23)16(20-10-4-3-5-17(20)22)11-14-6-8-15(24-2)9-7-14/h3-11,13,21H,12H2,1-2H3,(H,19,23). The number of nitrogens with one attached hydrogen (secondary N) is 1. The van der Waals surface area contributed by atoms with Gasteiger partial charge in [-0.15, -0.1) is 0 Å². The molecule has 6 nitrogen and oxygen atoms in total. The van der Waals surface area contributed by atoms with E-state index in [0.29, 0.717) is 5.75 Å². The van der Waals surface area contributed by atoms with Gasteiger partial charge in [-0.1, -0.05) is 18.2 Å². The Labute approximate surface area is 140 Å². The molecule has 0 saturated carbocycles. The van der Waals surface area contributed by atoms with E-state index in [1.807, 2.05) is 0 Å². The Morgan fingerprint density at radius 3 is 2.58 bits per heavy atom. The Kier molecular flexibility index (Phi) is 5.92. The van der Waals surface area contributed by atoms with Crippen molar-refractivity contribution in [2.45, 2.75) is 13.0 Å². The SMILES string of the molecule is COc1ccc(C=C(C(=O)NCC(C)O)n2ccccc2=O)cc1. The number of pyridine rings is 1. The van der Waals surface area contributed by atoms with Gasteiger partial charge in [-0.2, -0.15) is 0 Å². The van der Waals surface area contributed by atoms with Crippen LogP contribution in [0.25, 0.3) is 11.8 Å². The maximum atomic E-state index is 12.5. The molecular formula is C18H20N2O4. The first-order valence-corrected chi connectivity index (χ1v) is 7.51. The van der Waals surface area contributed by atoms with Crippen molar-refractivity contribution in [2.24, 2.45) is 0 Å². The minimum Gasteiger partial charge on any atom is -0.497 e. The molecule has 1 amide bonds. The lowest BCUT2D eigenvalue weighted by Gasteiger charge is -2.12. The minimum atomic E-state index is -0.677. The first-order chi connectivity index (χ1) is 11.5. The van der Waals surface area contributed by atoms with Gasteiger partial charge in [0.05, 0.1) is 13.2 Å². The normalized spacial score (nSPS) is 12.5. The van der Waals surface area contributed by atoms with Crippen LogP contribution in [0, 0.1) is 0 Å². The van der Waals surface area contributed by atoms with Crippen molar-refractivity contribution in [1.29, 1.82) is 0 Å². The first-order valence-electron chi connectivity index (χ1n) is 7.51. The second-order valence-corrected chi connectivity index (χ2v) is 5.27. The lowest BCUT2D eigenvalue weighted by molar-refractivity contribution is -0.116. The topological polar surface area (TPSA) is 80.6 Å². The molecule has 2 N–H and O–H groups in total. The lowest BCUT2D eigenvalue weighted by Crippen LogP contribution is -2.34. The predicted octanol–water partition coefficient (Wildman–Crippen LogP) is 1.35. The molecule has 0 aliphatic carbocycles. The highest BCUT2D eigenvalue weighted by molar-refractivity contribution is 6.18. The molecule has 0 bridgehead atoms. The average Bonchev–Trinajstić information content (AvgIpc) is 2.59. The number of ether oxygens (including phenoxy) is 1. The van der Waals surface area contributed by atoms with Crippen molar-refractivity contribution in [3.8, 4) is 5.75 Å². The molecule has 0 aliphatic heterocycles. The number of carbonyl (C=O) groups excluding carboxylic acids is 1. The molecular weight excluding hydrogens is 308 g/mol. The summed E-state index contributed by atoms with van der Waals surface area (Å²) in [6.45, 7) is 1.67. The third-order valence-corrected chi connectivity index (χ3v) is 3.29. The van der Waals surface area contributed by atoms with E-state index in [0.717, 1.165) is 5.56 Å². The lowest BCUT2D eigenvalue weighted by atomic mass is 10.1. The van der Waals surface area contributed by atoms with Crippen molar-refractivity contribution < 1.29 is 14.6 Å². The maximum Gasteiger partial charge on any atom is 0.268 e. The number of amides is 1. The Hall–Kier alpha value is -2.86. The number of aliphatic hydroxyl groups is 1. The molecule has 1 aromatic carbocycles. The van der Waals surface area contributed by atoms with E-state index in [9.17, 15) is 14.7 Å². The van der Waals surface area contributed by atoms with Crippen LogP contribution < -0.4 is 15.6 Å². The van der Waals surface area contributed by atoms with Crippen LogP contribution in [0.2, 0.25) is 0 Å². The number of aliphatic hydroxyl groups excluding tert-OH is 1. The van der Waals surface area contributed by atoms with Gasteiger partial charge in [-0.3, -0.25) is 14.2 Å². The number of aromatic nitrogens is 1. The van der Waals surface area contributed by atoms with Gasteiger partial charge in [-0.25, -0.2) is 0 Å². The highest BCUT2D eigenvalue weighted by atomic mass is 16.5. The Bertz CT molecular complexity index is 776. The van der Waals surface area contributed by atoms with Gasteiger partial charge in [0.2, 0.25) is 0 Å². The molecule has 1 aromatic heterocycles. The summed E-state index contributed by atoms with van der Waals surface area (Å²) in [7, 11) is 1.57. The van der Waals surface area contributed by atoms with Gasteiger partial charge >= 0.3 is 0 Å². The predicted molar refractivity (Wildman–Crippen MR) is 92.6 cm³/mol. The number of nitrogens with zero attached hydrogens (tertiary/aromatic N) is 1. The van der Waals surface area contributed by atoms with Crippen LogP contribution in [0.4, 0.5) is 0 Å². The van der Waals surface area contributed by atoms with Crippen LogP contribution in [0.5, 0.6) is 5.75 Å². The van der Waals surface area contributed by atoms with Crippen molar-refractivity contribution in [1.82, 2.24) is 9.88 Å². The summed E-state index contributed by atoms with van der Waals surface area (Å²) in [6, 6.07) is 11.8. The zero-order chi connectivity index (χ0) is 17.5. The Balaban J connectivity index is 2.41. The fraction of sp³-hybridized carbons (Fsp3) is 0.222. The van der Waals surface area contributed by atoms with Crippen molar-refractivity contribution in [2.75, 3.05) is 13.7 Å². The maximum absolute atomic E-state index is 12.5. The van der Waals surface area contributed by atoms with Crippen LogP contribution in [-0.4, -0.2) is 35.3 Å². The van der Waals surface area contributed by atoms with Crippen LogP contribution in [0.15, 0.2) is 53.5 Å². The van der Waals surface area contributed by atoms with Crippen molar-refractivity contribution in [3.05, 3.63) is 64.6 Å². The van der Waals surface area contributed by atoms with Crippen LogP contribution >= 0.6 is 0 Å². The van der Waals surface area contributed by atoms with E-state index in [1.165, 1.54) is 16.8 Å². The highest BCUT2D eigenvalue weighted by Crippen LogP contribution is 2.15. The number of methoxy groups -OCH3 is 1. The number of carbonyl (C=O) groups is 1. The fourth-order valence-corrected chi connectivity index (χ4v) is 2.06. The van der Waals surface area contributed by atoms with Crippen LogP contribution in [0.1, 0.15) is 12.5 Å². The summed E-state index contributed by atoms with van der Waals surface area (Å²) in [5.74, 6) is 0.254. The van der Waals surface area contributed by atoms with Crippen LogP contribution in [-0.2, 0) is 4.79 Å². The monoisotopic (exact) mass is 328 g/mol. The smallest absolute Gasteiger partial charge is 0.268 e. The molecule has 1 unspecified atom stereocenters. The Morgan fingerprint density at radius 2 is 2.00 bits per heavy atom. The molecule has 126 valence electrons. The van der Waals surface area contributed by atoms with E-state index >= 15 is 0 Å². The first kappa shape index (κ1) is 17.5. The van der Waals surface area contributed by atoms with Gasteiger partial charge < -0.3 is 15.2 Å². The number of hydrogen-bond donors (Lipinski definition) is 2. The Morgan fingerprint density at radius 1 is 1.29 bits per heavy atom. The molecule has 0 aliphatic rings. The zero-order valence-electron chi connectivity index (χ0n) is 13.6.